The zero-order valence-electron chi connectivity index (χ0n) is 18.1. The zero-order valence-corrected chi connectivity index (χ0v) is 18.1. The molecule has 1 aromatic rings. The van der Waals surface area contributed by atoms with Crippen LogP contribution in [0.25, 0.3) is 0 Å². The number of aliphatic carboxylic acids is 2. The van der Waals surface area contributed by atoms with Crippen LogP contribution < -0.4 is 16.0 Å². The van der Waals surface area contributed by atoms with Gasteiger partial charge in [0.1, 0.15) is 5.82 Å². The van der Waals surface area contributed by atoms with E-state index in [1.807, 2.05) is 0 Å². The molecule has 2 heterocycles. The van der Waals surface area contributed by atoms with E-state index in [2.05, 4.69) is 41.0 Å². The molecule has 0 amide bonds. The van der Waals surface area contributed by atoms with Gasteiger partial charge in [-0.2, -0.15) is 4.98 Å². The van der Waals surface area contributed by atoms with Gasteiger partial charge in [0.2, 0.25) is 5.95 Å². The fourth-order valence-corrected chi connectivity index (χ4v) is 3.60. The van der Waals surface area contributed by atoms with Crippen molar-refractivity contribution in [3.63, 3.8) is 0 Å². The molecule has 1 aliphatic carbocycles. The Labute approximate surface area is 172 Å². The number of nitrogens with zero attached hydrogens (tertiary/aromatic N) is 3. The molecule has 1 unspecified atom stereocenters. The second-order valence-electron chi connectivity index (χ2n) is 7.92. The van der Waals surface area contributed by atoms with Gasteiger partial charge in [0.15, 0.2) is 0 Å². The molecule has 9 nitrogen and oxygen atoms in total. The van der Waals surface area contributed by atoms with Gasteiger partial charge in [-0.1, -0.05) is 13.8 Å². The quantitative estimate of drug-likeness (QED) is 0.575. The lowest BCUT2D eigenvalue weighted by Gasteiger charge is -2.36. The molecule has 1 aliphatic heterocycles. The fraction of sp³-hybridized carbons (Fsp3) is 0.700. The summed E-state index contributed by atoms with van der Waals surface area (Å²) in [4.78, 5) is 29.5. The number of nitrogen functional groups attached to an aromatic ring is 1. The number of hydrogen-bond donors (Lipinski definition) is 4. The molecule has 0 spiro atoms. The molecule has 0 saturated carbocycles. The minimum absolute atomic E-state index is 0.430. The van der Waals surface area contributed by atoms with E-state index in [4.69, 9.17) is 25.5 Å². The van der Waals surface area contributed by atoms with E-state index in [0.717, 1.165) is 58.1 Å². The van der Waals surface area contributed by atoms with Crippen molar-refractivity contribution in [3.8, 4) is 0 Å². The Hall–Kier alpha value is -2.42. The van der Waals surface area contributed by atoms with Crippen LogP contribution in [-0.2, 0) is 22.4 Å². The SMILES string of the molecule is CC(=O)O.CC(=O)O.CC(C)C1CCc2c(nc(N)nc2N2CCN[C@@H](C)C2)C1. The van der Waals surface area contributed by atoms with Crippen molar-refractivity contribution in [3.05, 3.63) is 11.3 Å². The number of nitrogens with two attached hydrogens (primary N) is 1. The summed E-state index contributed by atoms with van der Waals surface area (Å²) in [7, 11) is 0. The maximum absolute atomic E-state index is 9.00. The highest BCUT2D eigenvalue weighted by Crippen LogP contribution is 2.34. The monoisotopic (exact) mass is 409 g/mol. The molecular formula is C20H35N5O4. The van der Waals surface area contributed by atoms with E-state index in [1.54, 1.807) is 0 Å². The minimum atomic E-state index is -0.833. The van der Waals surface area contributed by atoms with E-state index in [9.17, 15) is 0 Å². The number of rotatable bonds is 2. The summed E-state index contributed by atoms with van der Waals surface area (Å²) in [6.45, 7) is 12.0. The average molecular weight is 410 g/mol. The molecule has 0 aromatic carbocycles. The summed E-state index contributed by atoms with van der Waals surface area (Å²) >= 11 is 0. The van der Waals surface area contributed by atoms with E-state index >= 15 is 0 Å². The predicted molar refractivity (Wildman–Crippen MR) is 113 cm³/mol. The number of hydrogen-bond acceptors (Lipinski definition) is 7. The first kappa shape index (κ1) is 24.6. The number of aromatic nitrogens is 2. The van der Waals surface area contributed by atoms with Crippen molar-refractivity contribution in [2.75, 3.05) is 30.3 Å². The first-order valence-corrected chi connectivity index (χ1v) is 10.0. The van der Waals surface area contributed by atoms with Crippen molar-refractivity contribution in [2.24, 2.45) is 11.8 Å². The van der Waals surface area contributed by atoms with Crippen molar-refractivity contribution < 1.29 is 19.8 Å². The van der Waals surface area contributed by atoms with Crippen LogP contribution in [0.5, 0.6) is 0 Å². The molecule has 0 bridgehead atoms. The molecule has 29 heavy (non-hydrogen) atoms. The number of nitrogens with one attached hydrogen (secondary N) is 1. The predicted octanol–water partition coefficient (Wildman–Crippen LogP) is 1.80. The van der Waals surface area contributed by atoms with Crippen LogP contribution in [0.4, 0.5) is 11.8 Å². The molecule has 2 atom stereocenters. The van der Waals surface area contributed by atoms with Crippen LogP contribution >= 0.6 is 0 Å². The van der Waals surface area contributed by atoms with Gasteiger partial charge in [-0.3, -0.25) is 9.59 Å². The van der Waals surface area contributed by atoms with Gasteiger partial charge in [0.05, 0.1) is 5.69 Å². The molecule has 9 heteroatoms. The summed E-state index contributed by atoms with van der Waals surface area (Å²) < 4.78 is 0. The molecular weight excluding hydrogens is 374 g/mol. The second-order valence-corrected chi connectivity index (χ2v) is 7.92. The summed E-state index contributed by atoms with van der Waals surface area (Å²) in [5.74, 6) is 1.28. The first-order chi connectivity index (χ1) is 13.5. The average Bonchev–Trinajstić information content (AvgIpc) is 2.59. The molecule has 3 rings (SSSR count). The van der Waals surface area contributed by atoms with E-state index < -0.39 is 11.9 Å². The number of fused-ring (bicyclic) bond motifs is 1. The van der Waals surface area contributed by atoms with Crippen LogP contribution in [0.15, 0.2) is 0 Å². The van der Waals surface area contributed by atoms with Crippen LogP contribution in [0.3, 0.4) is 0 Å². The largest absolute Gasteiger partial charge is 0.481 e. The van der Waals surface area contributed by atoms with Crippen molar-refractivity contribution >= 4 is 23.7 Å². The minimum Gasteiger partial charge on any atom is -0.481 e. The number of piperazine rings is 1. The molecule has 164 valence electrons. The van der Waals surface area contributed by atoms with Gasteiger partial charge in [-0.05, 0) is 38.0 Å². The smallest absolute Gasteiger partial charge is 0.300 e. The van der Waals surface area contributed by atoms with Gasteiger partial charge in [0, 0.05) is 45.1 Å². The van der Waals surface area contributed by atoms with Crippen LogP contribution in [-0.4, -0.2) is 57.8 Å². The number of carboxylic acids is 2. The fourth-order valence-electron chi connectivity index (χ4n) is 3.60. The van der Waals surface area contributed by atoms with E-state index in [0.29, 0.717) is 17.9 Å². The topological polar surface area (TPSA) is 142 Å². The van der Waals surface area contributed by atoms with Gasteiger partial charge in [0.25, 0.3) is 11.9 Å². The van der Waals surface area contributed by atoms with Gasteiger partial charge in [-0.25, -0.2) is 4.98 Å². The normalized spacial score (nSPS) is 20.6. The Kier molecular flexibility index (Phi) is 9.80. The summed E-state index contributed by atoms with van der Waals surface area (Å²) in [6, 6.07) is 0.498. The number of carboxylic acid groups (broad SMARTS) is 2. The lowest BCUT2D eigenvalue weighted by atomic mass is 9.80. The van der Waals surface area contributed by atoms with Crippen LogP contribution in [0.2, 0.25) is 0 Å². The Morgan fingerprint density at radius 1 is 1.21 bits per heavy atom. The highest BCUT2D eigenvalue weighted by Gasteiger charge is 2.28. The summed E-state index contributed by atoms with van der Waals surface area (Å²) in [6.07, 6.45) is 3.38. The standard InChI is InChI=1S/C16H27N5.2C2H4O2/c1-10(2)12-4-5-13-14(8-12)19-16(17)20-15(13)21-7-6-18-11(3)9-21;2*1-2(3)4/h10-12,18H,4-9H2,1-3H3,(H2,17,19,20);2*1H3,(H,3,4)/t11-,12?;;/m0../s1. The van der Waals surface area contributed by atoms with Crippen molar-refractivity contribution in [1.29, 1.82) is 0 Å². The van der Waals surface area contributed by atoms with Gasteiger partial charge in [-0.15, -0.1) is 0 Å². The lowest BCUT2D eigenvalue weighted by molar-refractivity contribution is -0.135. The third-order valence-electron chi connectivity index (χ3n) is 4.92. The molecule has 2 aliphatic rings. The van der Waals surface area contributed by atoms with Gasteiger partial charge < -0.3 is 26.2 Å². The lowest BCUT2D eigenvalue weighted by Crippen LogP contribution is -2.50. The van der Waals surface area contributed by atoms with Crippen molar-refractivity contribution in [1.82, 2.24) is 15.3 Å². The summed E-state index contributed by atoms with van der Waals surface area (Å²) in [5, 5.41) is 18.3. The van der Waals surface area contributed by atoms with Gasteiger partial charge >= 0.3 is 0 Å². The third-order valence-corrected chi connectivity index (χ3v) is 4.92. The maximum Gasteiger partial charge on any atom is 0.300 e. The van der Waals surface area contributed by atoms with E-state index in [1.165, 1.54) is 17.7 Å². The molecule has 1 saturated heterocycles. The molecule has 0 radical (unpaired) electrons. The van der Waals surface area contributed by atoms with Crippen LogP contribution in [0, 0.1) is 11.8 Å². The highest BCUT2D eigenvalue weighted by atomic mass is 16.4. The highest BCUT2D eigenvalue weighted by molar-refractivity contribution is 5.63. The Morgan fingerprint density at radius 2 is 1.79 bits per heavy atom. The molecule has 1 aromatic heterocycles. The number of anilines is 2. The van der Waals surface area contributed by atoms with E-state index in [-0.39, 0.29) is 0 Å². The second kappa shape index (κ2) is 11.5. The molecule has 5 N–H and O–H groups in total. The Balaban J connectivity index is 0.000000452. The Bertz CT molecular complexity index is 676. The summed E-state index contributed by atoms with van der Waals surface area (Å²) in [5.41, 5.74) is 8.51. The van der Waals surface area contributed by atoms with Crippen molar-refractivity contribution in [2.45, 2.75) is 59.9 Å². The molecule has 1 fully saturated rings. The zero-order chi connectivity index (χ0) is 22.1. The maximum atomic E-state index is 9.00. The first-order valence-electron chi connectivity index (χ1n) is 10.0. The van der Waals surface area contributed by atoms with Crippen LogP contribution in [0.1, 0.15) is 52.3 Å². The third kappa shape index (κ3) is 8.64. The Morgan fingerprint density at radius 3 is 2.31 bits per heavy atom. The number of carbonyl (C=O) groups is 2.